The lowest BCUT2D eigenvalue weighted by Crippen LogP contribution is -2.47. The molecule has 0 saturated heterocycles. The highest BCUT2D eigenvalue weighted by atomic mass is 32.1. The molecule has 0 spiro atoms. The minimum atomic E-state index is 0.00582. The van der Waals surface area contributed by atoms with Gasteiger partial charge in [0.05, 0.1) is 0 Å². The van der Waals surface area contributed by atoms with Crippen LogP contribution in [0.4, 0.5) is 0 Å². The zero-order valence-corrected chi connectivity index (χ0v) is 19.1. The summed E-state index contributed by atoms with van der Waals surface area (Å²) in [5, 5.41) is 3.16. The van der Waals surface area contributed by atoms with Gasteiger partial charge in [0.25, 0.3) is 0 Å². The summed E-state index contributed by atoms with van der Waals surface area (Å²) in [6.45, 7) is 12.4. The van der Waals surface area contributed by atoms with Gasteiger partial charge in [-0.3, -0.25) is 4.79 Å². The van der Waals surface area contributed by atoms with Crippen LogP contribution in [0, 0.1) is 0 Å². The number of benzene rings is 1. The van der Waals surface area contributed by atoms with E-state index in [-0.39, 0.29) is 5.54 Å². The van der Waals surface area contributed by atoms with Gasteiger partial charge in [0.1, 0.15) is 18.6 Å². The maximum absolute atomic E-state index is 10.7. The van der Waals surface area contributed by atoms with E-state index in [9.17, 15) is 4.79 Å². The van der Waals surface area contributed by atoms with Crippen LogP contribution in [0.5, 0.6) is 5.75 Å². The first-order chi connectivity index (χ1) is 13.8. The third-order valence-electron chi connectivity index (χ3n) is 3.98. The van der Waals surface area contributed by atoms with Crippen LogP contribution in [-0.2, 0) is 4.79 Å². The number of carbonyl (C=O) groups is 1. The summed E-state index contributed by atoms with van der Waals surface area (Å²) in [5.41, 5.74) is 9.28. The van der Waals surface area contributed by atoms with Crippen molar-refractivity contribution >= 4 is 18.9 Å². The summed E-state index contributed by atoms with van der Waals surface area (Å²) in [5.74, 6) is 0.872. The second-order valence-corrected chi connectivity index (χ2v) is 8.21. The number of rotatable bonds is 7. The predicted octanol–water partition coefficient (Wildman–Crippen LogP) is 4.20. The maximum Gasteiger partial charge on any atom is 0.149 e. The van der Waals surface area contributed by atoms with Gasteiger partial charge in [-0.2, -0.15) is 0 Å². The number of nitrogens with one attached hydrogen (secondary N) is 3. The van der Waals surface area contributed by atoms with Gasteiger partial charge in [-0.1, -0.05) is 18.2 Å². The molecule has 1 aromatic carbocycles. The van der Waals surface area contributed by atoms with Crippen LogP contribution in [0.1, 0.15) is 41.0 Å². The van der Waals surface area contributed by atoms with E-state index in [0.29, 0.717) is 13.2 Å². The molecule has 29 heavy (non-hydrogen) atoms. The van der Waals surface area contributed by atoms with Crippen molar-refractivity contribution in [1.29, 1.82) is 0 Å². The van der Waals surface area contributed by atoms with Gasteiger partial charge in [0.15, 0.2) is 0 Å². The molecule has 0 aromatic heterocycles. The smallest absolute Gasteiger partial charge is 0.149 e. The average molecular weight is 418 g/mol. The number of thiol groups is 1. The fourth-order valence-corrected chi connectivity index (χ4v) is 2.52. The number of hydrogen-bond acceptors (Lipinski definition) is 6. The van der Waals surface area contributed by atoms with Gasteiger partial charge in [-0.15, -0.1) is 12.6 Å². The molecule has 6 heteroatoms. The van der Waals surface area contributed by atoms with Gasteiger partial charge < -0.3 is 15.5 Å². The summed E-state index contributed by atoms with van der Waals surface area (Å²) in [6.07, 6.45) is 7.89. The summed E-state index contributed by atoms with van der Waals surface area (Å²) in [7, 11) is 0. The normalized spacial score (nSPS) is 15.0. The Balaban J connectivity index is 0.000000291. The molecule has 1 aliphatic rings. The van der Waals surface area contributed by atoms with E-state index in [4.69, 9.17) is 4.74 Å². The van der Waals surface area contributed by atoms with Crippen molar-refractivity contribution in [3.05, 3.63) is 59.3 Å². The van der Waals surface area contributed by atoms with Gasteiger partial charge >= 0.3 is 0 Å². The van der Waals surface area contributed by atoms with Crippen LogP contribution < -0.4 is 20.9 Å². The highest BCUT2D eigenvalue weighted by Crippen LogP contribution is 2.15. The molecule has 1 aliphatic heterocycles. The maximum atomic E-state index is 10.7. The highest BCUT2D eigenvalue weighted by molar-refractivity contribution is 7.80. The minimum absolute atomic E-state index is 0.00582. The molecule has 0 unspecified atom stereocenters. The van der Waals surface area contributed by atoms with Gasteiger partial charge in [0.2, 0.25) is 0 Å². The Morgan fingerprint density at radius 2 is 1.93 bits per heavy atom. The molecule has 5 nitrogen and oxygen atoms in total. The van der Waals surface area contributed by atoms with E-state index in [2.05, 4.69) is 49.6 Å². The summed E-state index contributed by atoms with van der Waals surface area (Å²) in [4.78, 5) is 11.7. The van der Waals surface area contributed by atoms with Crippen molar-refractivity contribution in [2.75, 3.05) is 19.7 Å². The number of hydrazine groups is 1. The highest BCUT2D eigenvalue weighted by Gasteiger charge is 2.14. The van der Waals surface area contributed by atoms with Gasteiger partial charge in [-0.05, 0) is 64.5 Å². The van der Waals surface area contributed by atoms with Crippen molar-refractivity contribution < 1.29 is 9.53 Å². The van der Waals surface area contributed by atoms with Gasteiger partial charge in [-0.25, -0.2) is 5.43 Å². The SMILES string of the molecule is C/C=C\C(=C/C)COc1ccc(S)cc1.CC(C)(C)NNC1=C(C=O)CNCC1. The standard InChI is InChI=1S/C13H16OS.C10H19N3O/c1-3-5-11(4-2)10-14-12-6-8-13(15)9-7-12;1-10(2,3)13-12-9-4-5-11-6-8(9)7-14/h3-9,15H,10H2,1-2H3;7,11-13H,4-6H2,1-3H3/b5-3-,11-4+;. The lowest BCUT2D eigenvalue weighted by atomic mass is 10.1. The fourth-order valence-electron chi connectivity index (χ4n) is 2.37. The Morgan fingerprint density at radius 1 is 1.24 bits per heavy atom. The summed E-state index contributed by atoms with van der Waals surface area (Å²) < 4.78 is 5.61. The lowest BCUT2D eigenvalue weighted by Gasteiger charge is -2.26. The molecule has 0 saturated carbocycles. The first-order valence-corrected chi connectivity index (χ1v) is 10.3. The molecule has 1 heterocycles. The van der Waals surface area contributed by atoms with Crippen LogP contribution in [0.25, 0.3) is 0 Å². The Labute approximate surface area is 181 Å². The monoisotopic (exact) mass is 417 g/mol. The minimum Gasteiger partial charge on any atom is -0.489 e. The molecule has 0 atom stereocenters. The van der Waals surface area contributed by atoms with E-state index < -0.39 is 0 Å². The quantitative estimate of drug-likeness (QED) is 0.232. The van der Waals surface area contributed by atoms with Crippen molar-refractivity contribution in [3.63, 3.8) is 0 Å². The van der Waals surface area contributed by atoms with Crippen LogP contribution >= 0.6 is 12.6 Å². The Kier molecular flexibility index (Phi) is 11.4. The lowest BCUT2D eigenvalue weighted by molar-refractivity contribution is -0.105. The number of ether oxygens (including phenoxy) is 1. The van der Waals surface area contributed by atoms with E-state index in [0.717, 1.165) is 41.2 Å². The third kappa shape index (κ3) is 10.9. The van der Waals surface area contributed by atoms with Crippen LogP contribution in [0.15, 0.2) is 64.2 Å². The molecule has 0 aliphatic carbocycles. The van der Waals surface area contributed by atoms with Crippen molar-refractivity contribution in [2.24, 2.45) is 0 Å². The molecular formula is C23H35N3O2S. The van der Waals surface area contributed by atoms with E-state index in [1.807, 2.05) is 56.3 Å². The molecular weight excluding hydrogens is 382 g/mol. The molecule has 160 valence electrons. The van der Waals surface area contributed by atoms with E-state index in [1.165, 1.54) is 5.57 Å². The molecule has 0 radical (unpaired) electrons. The zero-order valence-electron chi connectivity index (χ0n) is 18.2. The number of hydrogen-bond donors (Lipinski definition) is 4. The molecule has 2 rings (SSSR count). The Morgan fingerprint density at radius 3 is 2.48 bits per heavy atom. The second-order valence-electron chi connectivity index (χ2n) is 7.69. The first-order valence-electron chi connectivity index (χ1n) is 9.90. The molecule has 0 fully saturated rings. The van der Waals surface area contributed by atoms with Gasteiger partial charge in [0, 0.05) is 41.2 Å². The zero-order chi connectivity index (χ0) is 21.7. The average Bonchev–Trinajstić information content (AvgIpc) is 2.71. The Hall–Kier alpha value is -2.02. The predicted molar refractivity (Wildman–Crippen MR) is 124 cm³/mol. The summed E-state index contributed by atoms with van der Waals surface area (Å²) >= 11 is 4.21. The topological polar surface area (TPSA) is 62.4 Å². The Bertz CT molecular complexity index is 717. The van der Waals surface area contributed by atoms with Crippen molar-refractivity contribution in [2.45, 2.75) is 51.5 Å². The van der Waals surface area contributed by atoms with Crippen LogP contribution in [-0.4, -0.2) is 31.5 Å². The molecule has 1 aromatic rings. The number of allylic oxidation sites excluding steroid dienone is 2. The van der Waals surface area contributed by atoms with Crippen LogP contribution in [0.2, 0.25) is 0 Å². The molecule has 3 N–H and O–H groups in total. The second kappa shape index (κ2) is 13.2. The summed E-state index contributed by atoms with van der Waals surface area (Å²) in [6, 6.07) is 7.68. The number of carbonyl (C=O) groups excluding carboxylic acids is 1. The van der Waals surface area contributed by atoms with Crippen molar-refractivity contribution in [3.8, 4) is 5.75 Å². The third-order valence-corrected chi connectivity index (χ3v) is 4.28. The fraction of sp³-hybridized carbons (Fsp3) is 0.435. The molecule has 0 bridgehead atoms. The van der Waals surface area contributed by atoms with E-state index >= 15 is 0 Å². The first kappa shape index (κ1) is 25.0. The van der Waals surface area contributed by atoms with Crippen molar-refractivity contribution in [1.82, 2.24) is 16.2 Å². The largest absolute Gasteiger partial charge is 0.489 e. The molecule has 0 amide bonds. The van der Waals surface area contributed by atoms with Crippen LogP contribution in [0.3, 0.4) is 0 Å². The number of aldehydes is 1. The van der Waals surface area contributed by atoms with E-state index in [1.54, 1.807) is 0 Å².